The van der Waals surface area contributed by atoms with E-state index in [0.29, 0.717) is 25.1 Å². The van der Waals surface area contributed by atoms with E-state index < -0.39 is 115 Å². The summed E-state index contributed by atoms with van der Waals surface area (Å²) in [6.45, 7) is 2.26. The van der Waals surface area contributed by atoms with Gasteiger partial charge in [-0.15, -0.1) is 0 Å². The van der Waals surface area contributed by atoms with E-state index in [-0.39, 0.29) is 12.8 Å². The molecule has 0 spiro atoms. The number of carboxylic acid groups (broad SMARTS) is 2. The van der Waals surface area contributed by atoms with Crippen molar-refractivity contribution >= 4 is 65.1 Å². The second kappa shape index (κ2) is 23.8. The number of carbonyl (C=O) groups is 9. The number of rotatable bonds is 25. The molecule has 0 radical (unpaired) electrons. The number of amides is 7. The smallest absolute Gasteiger partial charge is 0.326 e. The lowest BCUT2D eigenvalue weighted by molar-refractivity contribution is -0.142. The summed E-state index contributed by atoms with van der Waals surface area (Å²) in [5.74, 6) is -8.38. The molecule has 14 N–H and O–H groups in total. The summed E-state index contributed by atoms with van der Waals surface area (Å²) in [7, 11) is 0. The minimum Gasteiger partial charge on any atom is -0.481 e. The third kappa shape index (κ3) is 19.2. The summed E-state index contributed by atoms with van der Waals surface area (Å²) in [5, 5.41) is 32.3. The molecule has 0 heterocycles. The van der Waals surface area contributed by atoms with Crippen molar-refractivity contribution in [1.29, 1.82) is 0 Å². The van der Waals surface area contributed by atoms with E-state index in [1.807, 2.05) is 0 Å². The Balaban J connectivity index is 5.58. The Hall–Kier alpha value is -4.50. The molecular weight excluding hydrogens is 670 g/mol. The van der Waals surface area contributed by atoms with Crippen LogP contribution in [0, 0.1) is 0 Å². The van der Waals surface area contributed by atoms with E-state index in [0.717, 1.165) is 0 Å². The topological polar surface area (TPSA) is 344 Å². The van der Waals surface area contributed by atoms with Gasteiger partial charge in [0.15, 0.2) is 0 Å². The van der Waals surface area contributed by atoms with Gasteiger partial charge in [-0.3, -0.25) is 38.4 Å². The van der Waals surface area contributed by atoms with Crippen molar-refractivity contribution in [2.45, 2.75) is 95.0 Å². The zero-order valence-electron chi connectivity index (χ0n) is 27.7. The van der Waals surface area contributed by atoms with Gasteiger partial charge >= 0.3 is 11.9 Å². The molecule has 0 saturated carbocycles. The fraction of sp³-hybridized carbons (Fsp3) is 0.679. The zero-order valence-corrected chi connectivity index (χ0v) is 28.6. The van der Waals surface area contributed by atoms with Gasteiger partial charge in [-0.2, -0.15) is 11.8 Å². The Kier molecular flexibility index (Phi) is 21.6. The van der Waals surface area contributed by atoms with Crippen LogP contribution in [0.1, 0.15) is 58.8 Å². The van der Waals surface area contributed by atoms with Crippen molar-refractivity contribution in [1.82, 2.24) is 31.9 Å². The van der Waals surface area contributed by atoms with E-state index in [1.54, 1.807) is 6.26 Å². The maximum atomic E-state index is 13.1. The molecule has 0 aliphatic rings. The van der Waals surface area contributed by atoms with E-state index >= 15 is 0 Å². The van der Waals surface area contributed by atoms with Crippen molar-refractivity contribution in [2.24, 2.45) is 17.2 Å². The average molecular weight is 720 g/mol. The maximum absolute atomic E-state index is 13.1. The number of carbonyl (C=O) groups excluding carboxylic acids is 7. The van der Waals surface area contributed by atoms with Crippen molar-refractivity contribution < 1.29 is 53.4 Å². The number of unbranched alkanes of at least 4 members (excludes halogenated alkanes) is 1. The number of nitrogens with two attached hydrogens (primary N) is 3. The van der Waals surface area contributed by atoms with Crippen LogP contribution in [0.4, 0.5) is 0 Å². The number of carboxylic acids is 2. The first-order valence-corrected chi connectivity index (χ1v) is 16.8. The minimum absolute atomic E-state index is 0.0970. The minimum atomic E-state index is -1.57. The second-order valence-corrected chi connectivity index (χ2v) is 12.0. The van der Waals surface area contributed by atoms with E-state index in [2.05, 4.69) is 31.9 Å². The molecule has 0 rings (SSSR count). The van der Waals surface area contributed by atoms with Gasteiger partial charge in [0.25, 0.3) is 0 Å². The highest BCUT2D eigenvalue weighted by molar-refractivity contribution is 7.98. The number of hydrogen-bond donors (Lipinski definition) is 11. The molecule has 0 aromatic rings. The third-order valence-electron chi connectivity index (χ3n) is 6.73. The fourth-order valence-corrected chi connectivity index (χ4v) is 4.46. The number of nitrogens with one attached hydrogen (secondary N) is 6. The number of primary amides is 1. The molecule has 6 atom stereocenters. The monoisotopic (exact) mass is 719 g/mol. The SMILES string of the molecule is CSCC[C@H](NC(=O)[C@H](C)N)C(=O)N[C@@H](CC(N)=O)C(=O)N[C@@H](C)C(=O)N[C@@H](CCC(=O)O)C(=O)NCC(=O)N[C@@H](CCCCN)C(=O)O. The predicted molar refractivity (Wildman–Crippen MR) is 176 cm³/mol. The highest BCUT2D eigenvalue weighted by Gasteiger charge is 2.31. The molecular formula is C28H49N9O11S. The van der Waals surface area contributed by atoms with Crippen molar-refractivity contribution in [2.75, 3.05) is 25.1 Å². The third-order valence-corrected chi connectivity index (χ3v) is 7.37. The van der Waals surface area contributed by atoms with Gasteiger partial charge in [0.1, 0.15) is 30.2 Å². The molecule has 278 valence electrons. The summed E-state index contributed by atoms with van der Waals surface area (Å²) >= 11 is 1.39. The molecule has 0 aliphatic heterocycles. The summed E-state index contributed by atoms with van der Waals surface area (Å²) in [6.07, 6.45) is 1.32. The molecule has 0 bridgehead atoms. The maximum Gasteiger partial charge on any atom is 0.326 e. The van der Waals surface area contributed by atoms with Crippen LogP contribution < -0.4 is 49.1 Å². The van der Waals surface area contributed by atoms with Crippen LogP contribution in [-0.4, -0.2) is 125 Å². The largest absolute Gasteiger partial charge is 0.481 e. The molecule has 0 unspecified atom stereocenters. The fourth-order valence-electron chi connectivity index (χ4n) is 3.99. The molecule has 7 amide bonds. The van der Waals surface area contributed by atoms with Crippen LogP contribution >= 0.6 is 11.8 Å². The van der Waals surface area contributed by atoms with Gasteiger partial charge < -0.3 is 59.3 Å². The quantitative estimate of drug-likeness (QED) is 0.0397. The normalized spacial score (nSPS) is 14.4. The summed E-state index contributed by atoms with van der Waals surface area (Å²) in [5.41, 5.74) is 16.2. The van der Waals surface area contributed by atoms with Gasteiger partial charge in [-0.05, 0) is 64.5 Å². The van der Waals surface area contributed by atoms with Gasteiger partial charge in [0.2, 0.25) is 41.4 Å². The average Bonchev–Trinajstić information content (AvgIpc) is 3.02. The molecule has 21 heteroatoms. The van der Waals surface area contributed by atoms with Crippen LogP contribution in [-0.2, 0) is 43.2 Å². The van der Waals surface area contributed by atoms with Crippen LogP contribution in [0.15, 0.2) is 0 Å². The number of hydrogen-bond acceptors (Lipinski definition) is 12. The Morgan fingerprint density at radius 1 is 0.694 bits per heavy atom. The Labute approximate surface area is 287 Å². The van der Waals surface area contributed by atoms with Gasteiger partial charge in [-0.1, -0.05) is 0 Å². The molecule has 0 aliphatic carbocycles. The summed E-state index contributed by atoms with van der Waals surface area (Å²) in [4.78, 5) is 111. The highest BCUT2D eigenvalue weighted by Crippen LogP contribution is 2.05. The predicted octanol–water partition coefficient (Wildman–Crippen LogP) is -4.40. The van der Waals surface area contributed by atoms with Crippen LogP contribution in [0.25, 0.3) is 0 Å². The van der Waals surface area contributed by atoms with Gasteiger partial charge in [-0.25, -0.2) is 4.79 Å². The molecule has 0 aromatic carbocycles. The number of thioether (sulfide) groups is 1. The van der Waals surface area contributed by atoms with Crippen LogP contribution in [0.3, 0.4) is 0 Å². The van der Waals surface area contributed by atoms with E-state index in [4.69, 9.17) is 22.3 Å². The molecule has 0 fully saturated rings. The lowest BCUT2D eigenvalue weighted by Gasteiger charge is -2.25. The van der Waals surface area contributed by atoms with Crippen LogP contribution in [0.2, 0.25) is 0 Å². The van der Waals surface area contributed by atoms with Crippen LogP contribution in [0.5, 0.6) is 0 Å². The summed E-state index contributed by atoms with van der Waals surface area (Å²) in [6, 6.07) is -7.76. The molecule has 0 saturated heterocycles. The number of aliphatic carboxylic acids is 2. The van der Waals surface area contributed by atoms with E-state index in [9.17, 15) is 48.3 Å². The van der Waals surface area contributed by atoms with Gasteiger partial charge in [0.05, 0.1) is 19.0 Å². The highest BCUT2D eigenvalue weighted by atomic mass is 32.2. The Morgan fingerprint density at radius 3 is 1.80 bits per heavy atom. The van der Waals surface area contributed by atoms with Crippen molar-refractivity contribution in [3.05, 3.63) is 0 Å². The first kappa shape index (κ1) is 44.5. The standard InChI is InChI=1S/C28H49N9O11S/c1-14(30)23(42)35-17(9-11-49-3)26(45)37-19(12-20(31)38)27(46)33-15(2)24(43)36-16(7-8-22(40)41)25(44)32-13-21(39)34-18(28(47)48)6-4-5-10-29/h14-19H,4-13,29-30H2,1-3H3,(H2,31,38)(H,32,44)(H,33,46)(H,34,39)(H,35,42)(H,36,43)(H,37,45)(H,40,41)(H,47,48)/t14-,15-,16-,17-,18-,19-/m0/s1. The molecule has 20 nitrogen and oxygen atoms in total. The van der Waals surface area contributed by atoms with Crippen molar-refractivity contribution in [3.63, 3.8) is 0 Å². The first-order chi connectivity index (χ1) is 22.9. The van der Waals surface area contributed by atoms with E-state index in [1.165, 1.54) is 25.6 Å². The first-order valence-electron chi connectivity index (χ1n) is 15.4. The molecule has 0 aromatic heterocycles. The van der Waals surface area contributed by atoms with Gasteiger partial charge in [0, 0.05) is 6.42 Å². The Bertz CT molecular complexity index is 1190. The van der Waals surface area contributed by atoms with Crippen molar-refractivity contribution in [3.8, 4) is 0 Å². The molecule has 49 heavy (non-hydrogen) atoms. The lowest BCUT2D eigenvalue weighted by Crippen LogP contribution is -2.59. The summed E-state index contributed by atoms with van der Waals surface area (Å²) < 4.78 is 0. The second-order valence-electron chi connectivity index (χ2n) is 11.0. The Morgan fingerprint density at radius 2 is 1.27 bits per heavy atom. The zero-order chi connectivity index (χ0) is 37.7. The lowest BCUT2D eigenvalue weighted by atomic mass is 10.1.